The molecular formula is C17H22N4O2S. The highest BCUT2D eigenvalue weighted by molar-refractivity contribution is 8.00. The summed E-state index contributed by atoms with van der Waals surface area (Å²) in [5, 5.41) is 5.53. The predicted octanol–water partition coefficient (Wildman–Crippen LogP) is 3.12. The van der Waals surface area contributed by atoms with Crippen LogP contribution in [0, 0.1) is 6.92 Å². The molecule has 0 bridgehead atoms. The number of H-pyrrole nitrogens is 1. The minimum Gasteiger partial charge on any atom is -0.335 e. The van der Waals surface area contributed by atoms with Crippen molar-refractivity contribution in [3.63, 3.8) is 0 Å². The van der Waals surface area contributed by atoms with E-state index in [0.717, 1.165) is 42.3 Å². The van der Waals surface area contributed by atoms with Crippen LogP contribution in [-0.2, 0) is 4.79 Å². The summed E-state index contributed by atoms with van der Waals surface area (Å²) < 4.78 is 0. The fourth-order valence-electron chi connectivity index (χ4n) is 2.88. The highest BCUT2D eigenvalue weighted by Gasteiger charge is 2.21. The Morgan fingerprint density at radius 1 is 1.33 bits per heavy atom. The van der Waals surface area contributed by atoms with E-state index < -0.39 is 11.3 Å². The summed E-state index contributed by atoms with van der Waals surface area (Å²) in [7, 11) is 0. The summed E-state index contributed by atoms with van der Waals surface area (Å²) in [5.41, 5.74) is 2.97. The van der Waals surface area contributed by atoms with E-state index in [2.05, 4.69) is 20.6 Å². The topological polar surface area (TPSA) is 86.9 Å². The number of rotatable bonds is 4. The zero-order valence-electron chi connectivity index (χ0n) is 13.9. The molecule has 1 saturated carbocycles. The van der Waals surface area contributed by atoms with E-state index in [1.54, 1.807) is 6.92 Å². The lowest BCUT2D eigenvalue weighted by atomic mass is 10.2. The smallest absolute Gasteiger partial charge is 0.321 e. The highest BCUT2D eigenvalue weighted by Crippen LogP contribution is 2.24. The second kappa shape index (κ2) is 7.25. The lowest BCUT2D eigenvalue weighted by Crippen LogP contribution is -2.45. The summed E-state index contributed by atoms with van der Waals surface area (Å²) in [6.45, 7) is 3.79. The van der Waals surface area contributed by atoms with Gasteiger partial charge in [-0.15, -0.1) is 0 Å². The van der Waals surface area contributed by atoms with Crippen molar-refractivity contribution < 1.29 is 9.59 Å². The second-order valence-corrected chi connectivity index (χ2v) is 7.60. The molecule has 128 valence electrons. The second-order valence-electron chi connectivity index (χ2n) is 6.27. The number of carbonyl (C=O) groups excluding carboxylic acids is 2. The first-order valence-corrected chi connectivity index (χ1v) is 9.13. The van der Waals surface area contributed by atoms with Crippen molar-refractivity contribution in [1.82, 2.24) is 20.6 Å². The number of thioether (sulfide) groups is 1. The molecule has 6 nitrogen and oxygen atoms in total. The van der Waals surface area contributed by atoms with E-state index in [9.17, 15) is 9.59 Å². The number of nitrogens with one attached hydrogen (secondary N) is 3. The van der Waals surface area contributed by atoms with Gasteiger partial charge in [0.2, 0.25) is 5.91 Å². The molecule has 3 rings (SSSR count). The molecule has 1 aliphatic carbocycles. The van der Waals surface area contributed by atoms with E-state index in [1.807, 2.05) is 25.1 Å². The molecule has 3 N–H and O–H groups in total. The third-order valence-electron chi connectivity index (χ3n) is 4.20. The number of aryl methyl sites for hydroxylation is 1. The number of hydrogen-bond acceptors (Lipinski definition) is 4. The Balaban J connectivity index is 1.55. The number of benzene rings is 1. The van der Waals surface area contributed by atoms with Gasteiger partial charge in [-0.25, -0.2) is 9.78 Å². The van der Waals surface area contributed by atoms with Crippen molar-refractivity contribution in [3.8, 4) is 0 Å². The van der Waals surface area contributed by atoms with Crippen molar-refractivity contribution in [1.29, 1.82) is 0 Å². The molecule has 1 fully saturated rings. The lowest BCUT2D eigenvalue weighted by Gasteiger charge is -2.14. The van der Waals surface area contributed by atoms with Crippen LogP contribution in [0.4, 0.5) is 4.79 Å². The van der Waals surface area contributed by atoms with Crippen molar-refractivity contribution in [3.05, 3.63) is 23.8 Å². The Morgan fingerprint density at radius 3 is 2.83 bits per heavy atom. The number of imide groups is 1. The van der Waals surface area contributed by atoms with E-state index >= 15 is 0 Å². The fourth-order valence-corrected chi connectivity index (χ4v) is 3.70. The van der Waals surface area contributed by atoms with Gasteiger partial charge in [-0.1, -0.05) is 30.7 Å². The number of aromatic amines is 1. The van der Waals surface area contributed by atoms with Crippen LogP contribution in [0.25, 0.3) is 11.0 Å². The van der Waals surface area contributed by atoms with E-state index in [0.29, 0.717) is 5.16 Å². The molecule has 0 aliphatic heterocycles. The van der Waals surface area contributed by atoms with Crippen molar-refractivity contribution in [2.75, 3.05) is 0 Å². The summed E-state index contributed by atoms with van der Waals surface area (Å²) in [6, 6.07) is 5.76. The van der Waals surface area contributed by atoms with Gasteiger partial charge in [-0.3, -0.25) is 10.1 Å². The number of carbonyl (C=O) groups is 2. The van der Waals surface area contributed by atoms with Crippen molar-refractivity contribution in [2.45, 2.75) is 56.0 Å². The zero-order chi connectivity index (χ0) is 17.1. The van der Waals surface area contributed by atoms with Gasteiger partial charge in [0.05, 0.1) is 16.3 Å². The third kappa shape index (κ3) is 4.08. The number of fused-ring (bicyclic) bond motifs is 1. The number of urea groups is 1. The van der Waals surface area contributed by atoms with Gasteiger partial charge in [0.25, 0.3) is 0 Å². The minimum atomic E-state index is -0.416. The standard InChI is InChI=1S/C17H22N4O2S/c1-10-7-8-13-14(9-10)20-17(19-13)24-11(2)15(22)21-16(23)18-12-5-3-4-6-12/h7-9,11-12H,3-6H2,1-2H3,(H,19,20)(H2,18,21,22,23). The number of imidazole rings is 1. The summed E-state index contributed by atoms with van der Waals surface area (Å²) in [4.78, 5) is 31.7. The maximum absolute atomic E-state index is 12.2. The van der Waals surface area contributed by atoms with Crippen LogP contribution in [0.1, 0.15) is 38.2 Å². The number of aromatic nitrogens is 2. The molecule has 0 radical (unpaired) electrons. The Morgan fingerprint density at radius 2 is 2.08 bits per heavy atom. The first kappa shape index (κ1) is 16.8. The molecule has 2 aromatic rings. The summed E-state index contributed by atoms with van der Waals surface area (Å²) in [5.74, 6) is -0.313. The first-order chi connectivity index (χ1) is 11.5. The Kier molecular flexibility index (Phi) is 5.08. The fraction of sp³-hybridized carbons (Fsp3) is 0.471. The molecule has 1 unspecified atom stereocenters. The summed E-state index contributed by atoms with van der Waals surface area (Å²) >= 11 is 1.31. The van der Waals surface area contributed by atoms with Crippen molar-refractivity contribution in [2.24, 2.45) is 0 Å². The van der Waals surface area contributed by atoms with Gasteiger partial charge in [-0.05, 0) is 44.4 Å². The zero-order valence-corrected chi connectivity index (χ0v) is 14.7. The van der Waals surface area contributed by atoms with Crippen LogP contribution in [0.15, 0.2) is 23.4 Å². The van der Waals surface area contributed by atoms with Gasteiger partial charge < -0.3 is 10.3 Å². The van der Waals surface area contributed by atoms with Gasteiger partial charge in [-0.2, -0.15) is 0 Å². The Labute approximate surface area is 145 Å². The van der Waals surface area contributed by atoms with Gasteiger partial charge in [0.1, 0.15) is 0 Å². The van der Waals surface area contributed by atoms with Gasteiger partial charge >= 0.3 is 6.03 Å². The molecule has 1 atom stereocenters. The van der Waals surface area contributed by atoms with Crippen LogP contribution in [0.3, 0.4) is 0 Å². The molecular weight excluding hydrogens is 324 g/mol. The molecule has 1 aromatic heterocycles. The summed E-state index contributed by atoms with van der Waals surface area (Å²) in [6.07, 6.45) is 4.25. The molecule has 3 amide bonds. The van der Waals surface area contributed by atoms with Gasteiger partial charge in [0, 0.05) is 6.04 Å². The average Bonchev–Trinajstić information content (AvgIpc) is 3.15. The molecule has 1 aliphatic rings. The van der Waals surface area contributed by atoms with Crippen LogP contribution >= 0.6 is 11.8 Å². The first-order valence-electron chi connectivity index (χ1n) is 8.25. The number of nitrogens with zero attached hydrogens (tertiary/aromatic N) is 1. The third-order valence-corrected chi connectivity index (χ3v) is 5.18. The van der Waals surface area contributed by atoms with Crippen molar-refractivity contribution >= 4 is 34.7 Å². The van der Waals surface area contributed by atoms with Crippen LogP contribution in [0.2, 0.25) is 0 Å². The van der Waals surface area contributed by atoms with Gasteiger partial charge in [0.15, 0.2) is 5.16 Å². The Bertz CT molecular complexity index is 752. The predicted molar refractivity (Wildman–Crippen MR) is 95.1 cm³/mol. The van der Waals surface area contributed by atoms with E-state index in [-0.39, 0.29) is 11.9 Å². The number of hydrogen-bond donors (Lipinski definition) is 3. The highest BCUT2D eigenvalue weighted by atomic mass is 32.2. The molecule has 1 heterocycles. The maximum Gasteiger partial charge on any atom is 0.321 e. The SMILES string of the molecule is Cc1ccc2nc(SC(C)C(=O)NC(=O)NC3CCCC3)[nH]c2c1. The molecule has 1 aromatic carbocycles. The monoisotopic (exact) mass is 346 g/mol. The van der Waals surface area contributed by atoms with Crippen LogP contribution in [0.5, 0.6) is 0 Å². The lowest BCUT2D eigenvalue weighted by molar-refractivity contribution is -0.119. The quantitative estimate of drug-likeness (QED) is 0.742. The molecule has 7 heteroatoms. The molecule has 0 saturated heterocycles. The molecule has 24 heavy (non-hydrogen) atoms. The van der Waals surface area contributed by atoms with E-state index in [4.69, 9.17) is 0 Å². The minimum absolute atomic E-state index is 0.194. The molecule has 0 spiro atoms. The van der Waals surface area contributed by atoms with E-state index in [1.165, 1.54) is 11.8 Å². The van der Waals surface area contributed by atoms with Crippen LogP contribution < -0.4 is 10.6 Å². The Hall–Kier alpha value is -2.02. The largest absolute Gasteiger partial charge is 0.335 e. The van der Waals surface area contributed by atoms with Crippen LogP contribution in [-0.4, -0.2) is 33.2 Å². The maximum atomic E-state index is 12.2. The normalized spacial score (nSPS) is 16.2. The number of amides is 3. The average molecular weight is 346 g/mol.